The molecule has 1 aliphatic rings. The predicted molar refractivity (Wildman–Crippen MR) is 81.8 cm³/mol. The molecule has 3 nitrogen and oxygen atoms in total. The van der Waals surface area contributed by atoms with Gasteiger partial charge in [0.05, 0.1) is 11.6 Å². The lowest BCUT2D eigenvalue weighted by molar-refractivity contribution is 0.177. The fraction of sp³-hybridized carbons (Fsp3) is 0.438. The molecule has 0 radical (unpaired) electrons. The molecule has 3 rings (SSSR count). The SMILES string of the molecule is OC1CCC(CNCc2ccc(Cl)c3cccnc23)C1. The van der Waals surface area contributed by atoms with Gasteiger partial charge in [0, 0.05) is 23.2 Å². The maximum Gasteiger partial charge on any atom is 0.0761 e. The van der Waals surface area contributed by atoms with Crippen molar-refractivity contribution in [3.63, 3.8) is 0 Å². The quantitative estimate of drug-likeness (QED) is 0.909. The van der Waals surface area contributed by atoms with Gasteiger partial charge in [-0.1, -0.05) is 17.7 Å². The van der Waals surface area contributed by atoms with E-state index in [-0.39, 0.29) is 6.10 Å². The molecule has 0 amide bonds. The molecule has 20 heavy (non-hydrogen) atoms. The Hall–Kier alpha value is -1.16. The lowest BCUT2D eigenvalue weighted by atomic mass is 10.1. The van der Waals surface area contributed by atoms with Crippen LogP contribution < -0.4 is 5.32 Å². The molecule has 1 aromatic carbocycles. The third kappa shape index (κ3) is 2.95. The van der Waals surface area contributed by atoms with Gasteiger partial charge in [0.2, 0.25) is 0 Å². The Kier molecular flexibility index (Phi) is 4.20. The standard InChI is InChI=1S/C16H19ClN2O/c17-15-6-4-12(16-14(15)2-1-7-19-16)10-18-9-11-3-5-13(20)8-11/h1-2,4,6-7,11,13,18,20H,3,5,8-10H2. The van der Waals surface area contributed by atoms with E-state index < -0.39 is 0 Å². The van der Waals surface area contributed by atoms with E-state index in [1.165, 1.54) is 5.56 Å². The minimum atomic E-state index is -0.0974. The monoisotopic (exact) mass is 290 g/mol. The predicted octanol–water partition coefficient (Wildman–Crippen LogP) is 3.14. The molecule has 0 aliphatic heterocycles. The summed E-state index contributed by atoms with van der Waals surface area (Å²) in [5, 5.41) is 14.8. The van der Waals surface area contributed by atoms with E-state index in [1.807, 2.05) is 24.3 Å². The number of nitrogens with one attached hydrogen (secondary N) is 1. The van der Waals surface area contributed by atoms with Crippen LogP contribution in [0.2, 0.25) is 5.02 Å². The molecule has 1 aromatic heterocycles. The lowest BCUT2D eigenvalue weighted by Gasteiger charge is -2.12. The molecule has 2 atom stereocenters. The normalized spacial score (nSPS) is 22.5. The second kappa shape index (κ2) is 6.08. The molecule has 1 aliphatic carbocycles. The van der Waals surface area contributed by atoms with Gasteiger partial charge in [0.25, 0.3) is 0 Å². The summed E-state index contributed by atoms with van der Waals surface area (Å²) >= 11 is 6.19. The summed E-state index contributed by atoms with van der Waals surface area (Å²) in [6, 6.07) is 7.88. The van der Waals surface area contributed by atoms with Crippen LogP contribution >= 0.6 is 11.6 Å². The summed E-state index contributed by atoms with van der Waals surface area (Å²) < 4.78 is 0. The molecule has 1 heterocycles. The van der Waals surface area contributed by atoms with Crippen LogP contribution in [0.3, 0.4) is 0 Å². The highest BCUT2D eigenvalue weighted by Crippen LogP contribution is 2.26. The van der Waals surface area contributed by atoms with Gasteiger partial charge >= 0.3 is 0 Å². The van der Waals surface area contributed by atoms with Crippen molar-refractivity contribution < 1.29 is 5.11 Å². The first-order valence-corrected chi connectivity index (χ1v) is 7.52. The van der Waals surface area contributed by atoms with Crippen LogP contribution in [0.5, 0.6) is 0 Å². The fourth-order valence-electron chi connectivity index (χ4n) is 2.98. The number of nitrogens with zero attached hydrogens (tertiary/aromatic N) is 1. The average molecular weight is 291 g/mol. The number of hydrogen-bond acceptors (Lipinski definition) is 3. The van der Waals surface area contributed by atoms with E-state index in [4.69, 9.17) is 11.6 Å². The Morgan fingerprint density at radius 2 is 2.20 bits per heavy atom. The summed E-state index contributed by atoms with van der Waals surface area (Å²) in [4.78, 5) is 4.44. The topological polar surface area (TPSA) is 45.1 Å². The van der Waals surface area contributed by atoms with Crippen LogP contribution in [0.1, 0.15) is 24.8 Å². The number of pyridine rings is 1. The highest BCUT2D eigenvalue weighted by molar-refractivity contribution is 6.35. The maximum absolute atomic E-state index is 9.54. The van der Waals surface area contributed by atoms with Crippen molar-refractivity contribution >= 4 is 22.5 Å². The zero-order valence-corrected chi connectivity index (χ0v) is 12.1. The van der Waals surface area contributed by atoms with Crippen LogP contribution in [0.15, 0.2) is 30.5 Å². The van der Waals surface area contributed by atoms with Crippen LogP contribution in [0.25, 0.3) is 10.9 Å². The van der Waals surface area contributed by atoms with Crippen molar-refractivity contribution in [1.29, 1.82) is 0 Å². The molecular weight excluding hydrogens is 272 g/mol. The van der Waals surface area contributed by atoms with E-state index in [2.05, 4.69) is 10.3 Å². The first-order chi connectivity index (χ1) is 9.74. The number of aromatic nitrogens is 1. The average Bonchev–Trinajstić information content (AvgIpc) is 2.87. The van der Waals surface area contributed by atoms with Gasteiger partial charge in [-0.15, -0.1) is 0 Å². The van der Waals surface area contributed by atoms with Crippen LogP contribution in [0.4, 0.5) is 0 Å². The first kappa shape index (κ1) is 13.8. The summed E-state index contributed by atoms with van der Waals surface area (Å²) in [5.74, 6) is 0.594. The Bertz CT molecular complexity index is 602. The van der Waals surface area contributed by atoms with Gasteiger partial charge in [0.1, 0.15) is 0 Å². The molecule has 2 N–H and O–H groups in total. The molecule has 0 saturated heterocycles. The minimum absolute atomic E-state index is 0.0974. The third-order valence-electron chi connectivity index (χ3n) is 4.06. The van der Waals surface area contributed by atoms with Gasteiger partial charge in [-0.05, 0) is 55.5 Å². The Morgan fingerprint density at radius 1 is 1.30 bits per heavy atom. The zero-order chi connectivity index (χ0) is 13.9. The summed E-state index contributed by atoms with van der Waals surface area (Å²) in [6.07, 6.45) is 4.69. The van der Waals surface area contributed by atoms with E-state index in [1.54, 1.807) is 6.20 Å². The van der Waals surface area contributed by atoms with Crippen molar-refractivity contribution in [1.82, 2.24) is 10.3 Å². The summed E-state index contributed by atoms with van der Waals surface area (Å²) in [5.41, 5.74) is 2.14. The van der Waals surface area contributed by atoms with E-state index >= 15 is 0 Å². The first-order valence-electron chi connectivity index (χ1n) is 7.15. The minimum Gasteiger partial charge on any atom is -0.393 e. The largest absolute Gasteiger partial charge is 0.393 e. The van der Waals surface area contributed by atoms with Gasteiger partial charge in [0.15, 0.2) is 0 Å². The fourth-order valence-corrected chi connectivity index (χ4v) is 3.20. The summed E-state index contributed by atoms with van der Waals surface area (Å²) in [6.45, 7) is 1.74. The number of halogens is 1. The number of benzene rings is 1. The molecule has 2 aromatic rings. The highest BCUT2D eigenvalue weighted by atomic mass is 35.5. The number of aliphatic hydroxyl groups is 1. The number of hydrogen-bond donors (Lipinski definition) is 2. The van der Waals surface area contributed by atoms with Gasteiger partial charge < -0.3 is 10.4 Å². The molecule has 1 saturated carbocycles. The maximum atomic E-state index is 9.54. The third-order valence-corrected chi connectivity index (χ3v) is 4.39. The molecule has 106 valence electrons. The zero-order valence-electron chi connectivity index (χ0n) is 11.3. The molecule has 2 unspecified atom stereocenters. The van der Waals surface area contributed by atoms with Crippen LogP contribution in [0, 0.1) is 5.92 Å². The molecule has 0 spiro atoms. The van der Waals surface area contributed by atoms with E-state index in [0.717, 1.165) is 48.3 Å². The van der Waals surface area contributed by atoms with Crippen molar-refractivity contribution in [2.45, 2.75) is 31.9 Å². The second-order valence-electron chi connectivity index (χ2n) is 5.57. The van der Waals surface area contributed by atoms with Gasteiger partial charge in [-0.3, -0.25) is 4.98 Å². The number of rotatable bonds is 4. The van der Waals surface area contributed by atoms with E-state index in [9.17, 15) is 5.11 Å². The number of fused-ring (bicyclic) bond motifs is 1. The van der Waals surface area contributed by atoms with Crippen LogP contribution in [-0.2, 0) is 6.54 Å². The van der Waals surface area contributed by atoms with Crippen LogP contribution in [-0.4, -0.2) is 22.7 Å². The molecular formula is C16H19ClN2O. The summed E-state index contributed by atoms with van der Waals surface area (Å²) in [7, 11) is 0. The smallest absolute Gasteiger partial charge is 0.0761 e. The Balaban J connectivity index is 1.67. The number of aliphatic hydroxyl groups excluding tert-OH is 1. The lowest BCUT2D eigenvalue weighted by Crippen LogP contribution is -2.21. The molecule has 1 fully saturated rings. The Morgan fingerprint density at radius 3 is 3.00 bits per heavy atom. The van der Waals surface area contributed by atoms with Crippen molar-refractivity contribution in [3.8, 4) is 0 Å². The van der Waals surface area contributed by atoms with Gasteiger partial charge in [-0.2, -0.15) is 0 Å². The van der Waals surface area contributed by atoms with Gasteiger partial charge in [-0.25, -0.2) is 0 Å². The van der Waals surface area contributed by atoms with Crippen molar-refractivity contribution in [2.24, 2.45) is 5.92 Å². The van der Waals surface area contributed by atoms with Crippen molar-refractivity contribution in [3.05, 3.63) is 41.0 Å². The highest BCUT2D eigenvalue weighted by Gasteiger charge is 2.22. The molecule has 0 bridgehead atoms. The molecule has 4 heteroatoms. The van der Waals surface area contributed by atoms with E-state index in [0.29, 0.717) is 5.92 Å². The Labute approximate surface area is 124 Å². The second-order valence-corrected chi connectivity index (χ2v) is 5.98. The van der Waals surface area contributed by atoms with Crippen molar-refractivity contribution in [2.75, 3.05) is 6.54 Å².